The van der Waals surface area contributed by atoms with Crippen LogP contribution in [-0.4, -0.2) is 87.3 Å². The van der Waals surface area contributed by atoms with E-state index in [1.54, 1.807) is 46.6 Å². The molecular formula is C20H30N3O8+. The van der Waals surface area contributed by atoms with Crippen molar-refractivity contribution in [2.45, 2.75) is 25.2 Å². The van der Waals surface area contributed by atoms with Gasteiger partial charge in [-0.05, 0) is 18.4 Å². The fraction of sp³-hybridized carbons (Fsp3) is 0.450. The minimum Gasteiger partial charge on any atom is -0.478 e. The molecule has 0 aromatic heterocycles. The number of urea groups is 1. The number of quaternary nitrogens is 1. The fourth-order valence-corrected chi connectivity index (χ4v) is 2.28. The highest BCUT2D eigenvalue weighted by molar-refractivity contribution is 5.99. The van der Waals surface area contributed by atoms with E-state index in [4.69, 9.17) is 25.1 Å². The topological polar surface area (TPSA) is 155 Å². The van der Waals surface area contributed by atoms with Gasteiger partial charge < -0.3 is 25.1 Å². The number of aliphatic carboxylic acids is 1. The Hall–Kier alpha value is -3.17. The number of carbonyl (C=O) groups is 4. The smallest absolute Gasteiger partial charge is 0.451 e. The Bertz CT molecular complexity index is 712. The van der Waals surface area contributed by atoms with Crippen LogP contribution in [0.5, 0.6) is 0 Å². The maximum atomic E-state index is 11.9. The second-order valence-electron chi connectivity index (χ2n) is 6.05. The van der Waals surface area contributed by atoms with Gasteiger partial charge in [0.1, 0.15) is 18.3 Å². The third-order valence-electron chi connectivity index (χ3n) is 3.61. The Morgan fingerprint density at radius 3 is 2.39 bits per heavy atom. The molecule has 172 valence electrons. The summed E-state index contributed by atoms with van der Waals surface area (Å²) in [6.07, 6.45) is 11.9. The number of ether oxygens (including phenoxy) is 3. The van der Waals surface area contributed by atoms with E-state index in [9.17, 15) is 14.4 Å². The molecule has 2 unspecified atom stereocenters. The van der Waals surface area contributed by atoms with E-state index in [1.165, 1.54) is 0 Å². The number of carboxylic acids is 1. The van der Waals surface area contributed by atoms with Crippen LogP contribution in [0.1, 0.15) is 12.8 Å². The number of carboxylic acid groups (broad SMARTS) is 1. The highest BCUT2D eigenvalue weighted by atomic mass is 16.6. The maximum Gasteiger partial charge on any atom is 0.451 e. The quantitative estimate of drug-likeness (QED) is 0.269. The van der Waals surface area contributed by atoms with Gasteiger partial charge in [-0.25, -0.2) is 9.59 Å². The number of aliphatic imine (C=N–C) groups is 1. The van der Waals surface area contributed by atoms with Gasteiger partial charge in [-0.3, -0.25) is 9.59 Å². The van der Waals surface area contributed by atoms with E-state index in [0.29, 0.717) is 19.2 Å². The molecule has 2 aliphatic heterocycles. The Morgan fingerprint density at radius 1 is 1.42 bits per heavy atom. The van der Waals surface area contributed by atoms with Crippen molar-refractivity contribution < 1.29 is 43.0 Å². The van der Waals surface area contributed by atoms with Gasteiger partial charge in [-0.1, -0.05) is 0 Å². The summed E-state index contributed by atoms with van der Waals surface area (Å²) < 4.78 is 15.1. The van der Waals surface area contributed by atoms with Gasteiger partial charge >= 0.3 is 12.0 Å². The number of nitrogens with two attached hydrogens (primary N) is 1. The number of allylic oxidation sites excluding steroid dienone is 1. The molecule has 2 amide bonds. The van der Waals surface area contributed by atoms with Crippen LogP contribution >= 0.6 is 0 Å². The lowest BCUT2D eigenvalue weighted by Gasteiger charge is -2.32. The van der Waals surface area contributed by atoms with E-state index < -0.39 is 5.97 Å². The molecule has 1 saturated heterocycles. The number of amides is 2. The van der Waals surface area contributed by atoms with Crippen molar-refractivity contribution >= 4 is 30.4 Å². The van der Waals surface area contributed by atoms with Crippen molar-refractivity contribution in [1.29, 1.82) is 0 Å². The highest BCUT2D eigenvalue weighted by Gasteiger charge is 2.45. The highest BCUT2D eigenvalue weighted by Crippen LogP contribution is 2.29. The minimum atomic E-state index is -1.10. The van der Waals surface area contributed by atoms with Crippen molar-refractivity contribution in [3.63, 3.8) is 0 Å². The van der Waals surface area contributed by atoms with Crippen molar-refractivity contribution in [3.05, 3.63) is 24.4 Å². The van der Waals surface area contributed by atoms with Crippen molar-refractivity contribution in [1.82, 2.24) is 0 Å². The van der Waals surface area contributed by atoms with Gasteiger partial charge in [-0.15, -0.1) is 11.4 Å². The summed E-state index contributed by atoms with van der Waals surface area (Å²) in [6, 6.07) is -0.284. The molecule has 0 aliphatic carbocycles. The first-order chi connectivity index (χ1) is 14.7. The normalized spacial score (nSPS) is 23.6. The zero-order valence-electron chi connectivity index (χ0n) is 18.1. The van der Waals surface area contributed by atoms with Crippen LogP contribution in [-0.2, 0) is 28.6 Å². The van der Waals surface area contributed by atoms with E-state index >= 15 is 0 Å². The number of rotatable bonds is 5. The summed E-state index contributed by atoms with van der Waals surface area (Å²) in [4.78, 5) is 43.5. The molecule has 0 bridgehead atoms. The van der Waals surface area contributed by atoms with Gasteiger partial charge in [-0.2, -0.15) is 4.48 Å². The number of methoxy groups -OCH3 is 2. The molecule has 1 fully saturated rings. The summed E-state index contributed by atoms with van der Waals surface area (Å²) in [6.45, 7) is 0.555. The molecule has 0 radical (unpaired) electrons. The molecule has 3 atom stereocenters. The standard InChI is InChI=1S/C11H17N3O3.C4H4O3.C3H2O.C2H6O/c1-14(6-5-9(12)13-11(14)15)10-4-3-8(17-10)7-16-2;5-3-1-2-4(6)7;1-2-3-4;1-3-2/h5-6,8,10H,3-4,7H2,1-2H3,(H-,12,13,15);1-3H,(H,6,7);1,3H;1-2H3/p+1/b;2-1-;;/t8?,10-,14?;;;/m1.../s1. The largest absolute Gasteiger partial charge is 0.478 e. The van der Waals surface area contributed by atoms with E-state index in [-0.39, 0.29) is 28.7 Å². The van der Waals surface area contributed by atoms with Crippen LogP contribution in [0.25, 0.3) is 0 Å². The molecule has 0 aromatic rings. The number of terminal acetylenes is 1. The second-order valence-corrected chi connectivity index (χ2v) is 6.05. The molecule has 2 heterocycles. The molecule has 0 saturated carbocycles. The first-order valence-corrected chi connectivity index (χ1v) is 8.89. The molecular weight excluding hydrogens is 410 g/mol. The number of hydrogen-bond donors (Lipinski definition) is 2. The summed E-state index contributed by atoms with van der Waals surface area (Å²) >= 11 is 0. The van der Waals surface area contributed by atoms with E-state index in [1.807, 2.05) is 0 Å². The van der Waals surface area contributed by atoms with Gasteiger partial charge in [0.2, 0.25) is 6.23 Å². The zero-order valence-corrected chi connectivity index (χ0v) is 18.1. The van der Waals surface area contributed by atoms with Crippen LogP contribution in [0.4, 0.5) is 4.79 Å². The molecule has 2 rings (SSSR count). The Kier molecular flexibility index (Phi) is 17.1. The maximum absolute atomic E-state index is 11.9. The minimum absolute atomic E-state index is 0.0287. The number of aldehydes is 2. The first kappa shape index (κ1) is 30.0. The number of nitrogens with zero attached hydrogens (tertiary/aromatic N) is 2. The molecule has 3 N–H and O–H groups in total. The van der Waals surface area contributed by atoms with Crippen molar-refractivity contribution in [2.75, 3.05) is 35.0 Å². The lowest BCUT2D eigenvalue weighted by Crippen LogP contribution is -2.53. The number of amidine groups is 1. The summed E-state index contributed by atoms with van der Waals surface area (Å²) in [5.41, 5.74) is 5.49. The summed E-state index contributed by atoms with van der Waals surface area (Å²) in [5.74, 6) is 0.893. The summed E-state index contributed by atoms with van der Waals surface area (Å²) in [7, 11) is 6.68. The number of carbonyl (C=O) groups excluding carboxylic acids is 3. The van der Waals surface area contributed by atoms with Crippen LogP contribution in [0.2, 0.25) is 0 Å². The third-order valence-corrected chi connectivity index (χ3v) is 3.61. The zero-order chi connectivity index (χ0) is 24.3. The fourth-order valence-electron chi connectivity index (χ4n) is 2.28. The Labute approximate surface area is 181 Å². The predicted molar refractivity (Wildman–Crippen MR) is 113 cm³/mol. The average Bonchev–Trinajstić information content (AvgIpc) is 3.20. The Balaban J connectivity index is 0. The van der Waals surface area contributed by atoms with Gasteiger partial charge in [0.25, 0.3) is 0 Å². The number of hydrogen-bond acceptors (Lipinski definition) is 8. The molecule has 11 nitrogen and oxygen atoms in total. The van der Waals surface area contributed by atoms with Crippen LogP contribution in [0.3, 0.4) is 0 Å². The van der Waals surface area contributed by atoms with Crippen molar-refractivity contribution in [3.8, 4) is 12.3 Å². The molecule has 0 aromatic carbocycles. The molecule has 2 aliphatic rings. The summed E-state index contributed by atoms with van der Waals surface area (Å²) in [5, 5.41) is 7.80. The van der Waals surface area contributed by atoms with Crippen molar-refractivity contribution in [2.24, 2.45) is 10.7 Å². The van der Waals surface area contributed by atoms with E-state index in [2.05, 4.69) is 16.2 Å². The molecule has 31 heavy (non-hydrogen) atoms. The van der Waals surface area contributed by atoms with Crippen LogP contribution in [0.15, 0.2) is 29.4 Å². The Morgan fingerprint density at radius 2 is 2.00 bits per heavy atom. The lowest BCUT2D eigenvalue weighted by molar-refractivity contribution is -0.830. The lowest BCUT2D eigenvalue weighted by atomic mass is 10.2. The molecule has 11 heteroatoms. The average molecular weight is 440 g/mol. The van der Waals surface area contributed by atoms with Crippen LogP contribution in [0, 0.1) is 12.3 Å². The van der Waals surface area contributed by atoms with E-state index in [0.717, 1.165) is 25.0 Å². The van der Waals surface area contributed by atoms with Gasteiger partial charge in [0.05, 0.1) is 19.8 Å². The SMILES string of the molecule is C#CC=O.COC.COCC1CC[C@H]([N+]2(C)C=CC(N)=NC2=O)O1.O=C/C=C\C(=O)O. The first-order valence-electron chi connectivity index (χ1n) is 8.89. The molecule has 0 spiro atoms. The monoisotopic (exact) mass is 440 g/mol. The van der Waals surface area contributed by atoms with Gasteiger partial charge in [0.15, 0.2) is 6.29 Å². The predicted octanol–water partition coefficient (Wildman–Crippen LogP) is 0.496. The van der Waals surface area contributed by atoms with Gasteiger partial charge in [0, 0.05) is 39.9 Å². The second kappa shape index (κ2) is 17.7. The third kappa shape index (κ3) is 12.9. The van der Waals surface area contributed by atoms with Crippen LogP contribution < -0.4 is 5.73 Å².